The van der Waals surface area contributed by atoms with Gasteiger partial charge in [0.1, 0.15) is 0 Å². The van der Waals surface area contributed by atoms with Crippen LogP contribution in [0.1, 0.15) is 30.6 Å². The summed E-state index contributed by atoms with van der Waals surface area (Å²) in [6.45, 7) is 1.64. The van der Waals surface area contributed by atoms with E-state index in [0.717, 1.165) is 5.56 Å². The fourth-order valence-electron chi connectivity index (χ4n) is 2.61. The molecule has 1 amide bonds. The third-order valence-electron chi connectivity index (χ3n) is 4.02. The van der Waals surface area contributed by atoms with E-state index < -0.39 is 22.2 Å². The van der Waals surface area contributed by atoms with Gasteiger partial charge in [0.15, 0.2) is 0 Å². The first-order valence-corrected chi connectivity index (χ1v) is 10.1. The van der Waals surface area contributed by atoms with Crippen LogP contribution in [0.15, 0.2) is 54.6 Å². The molecule has 0 bridgehead atoms. The molecule has 7 heteroatoms. The quantitative estimate of drug-likeness (QED) is 0.554. The average Bonchev–Trinajstić information content (AvgIpc) is 2.60. The first-order chi connectivity index (χ1) is 12.4. The summed E-state index contributed by atoms with van der Waals surface area (Å²) in [5.74, 6) is -0.212. The fourth-order valence-corrected chi connectivity index (χ4v) is 3.98. The van der Waals surface area contributed by atoms with E-state index in [1.165, 1.54) is 0 Å². The summed E-state index contributed by atoms with van der Waals surface area (Å²) in [5, 5.41) is 12.1. The Morgan fingerprint density at radius 2 is 1.73 bits per heavy atom. The molecule has 2 atom stereocenters. The van der Waals surface area contributed by atoms with Gasteiger partial charge in [0, 0.05) is 11.7 Å². The number of sulfonamides is 1. The number of carbonyl (C=O) groups is 1. The summed E-state index contributed by atoms with van der Waals surface area (Å²) < 4.78 is 27.3. The second-order valence-electron chi connectivity index (χ2n) is 6.19. The van der Waals surface area contributed by atoms with Crippen LogP contribution in [0.5, 0.6) is 0 Å². The van der Waals surface area contributed by atoms with Crippen LogP contribution >= 0.6 is 0 Å². The van der Waals surface area contributed by atoms with Gasteiger partial charge in [-0.3, -0.25) is 9.52 Å². The predicted octanol–water partition coefficient (Wildman–Crippen LogP) is 2.23. The molecule has 0 aliphatic rings. The van der Waals surface area contributed by atoms with Crippen molar-refractivity contribution in [1.82, 2.24) is 5.32 Å². The van der Waals surface area contributed by atoms with Gasteiger partial charge in [-0.15, -0.1) is 0 Å². The summed E-state index contributed by atoms with van der Waals surface area (Å²) in [4.78, 5) is 10.8. The molecule has 2 aromatic carbocycles. The van der Waals surface area contributed by atoms with E-state index in [0.29, 0.717) is 30.5 Å². The molecular formula is C19H24N2O4S. The molecule has 0 fully saturated rings. The van der Waals surface area contributed by atoms with E-state index in [2.05, 4.69) is 10.0 Å². The van der Waals surface area contributed by atoms with Crippen molar-refractivity contribution in [2.75, 3.05) is 10.5 Å². The van der Waals surface area contributed by atoms with Gasteiger partial charge < -0.3 is 10.4 Å². The molecule has 2 aromatic rings. The number of rotatable bonds is 10. The minimum absolute atomic E-state index is 0.212. The van der Waals surface area contributed by atoms with E-state index in [4.69, 9.17) is 0 Å². The molecule has 2 rings (SSSR count). The van der Waals surface area contributed by atoms with Crippen molar-refractivity contribution < 1.29 is 18.3 Å². The van der Waals surface area contributed by atoms with Crippen LogP contribution in [0.25, 0.3) is 0 Å². The third-order valence-corrected chi connectivity index (χ3v) is 5.40. The smallest absolute Gasteiger partial charge is 0.234 e. The topological polar surface area (TPSA) is 95.5 Å². The van der Waals surface area contributed by atoms with Gasteiger partial charge in [-0.2, -0.15) is 0 Å². The first kappa shape index (κ1) is 19.9. The van der Waals surface area contributed by atoms with E-state index in [9.17, 15) is 18.3 Å². The van der Waals surface area contributed by atoms with E-state index in [1.807, 2.05) is 30.3 Å². The van der Waals surface area contributed by atoms with Gasteiger partial charge >= 0.3 is 0 Å². The number of aliphatic hydroxyl groups excluding tert-OH is 1. The van der Waals surface area contributed by atoms with Crippen LogP contribution in [-0.4, -0.2) is 31.7 Å². The highest BCUT2D eigenvalue weighted by molar-refractivity contribution is 7.92. The number of amides is 1. The minimum Gasteiger partial charge on any atom is -0.389 e. The second kappa shape index (κ2) is 9.35. The zero-order chi connectivity index (χ0) is 19.0. The molecule has 26 heavy (non-hydrogen) atoms. The zero-order valence-corrected chi connectivity index (χ0v) is 15.4. The lowest BCUT2D eigenvalue weighted by Gasteiger charge is -2.17. The largest absolute Gasteiger partial charge is 0.389 e. The van der Waals surface area contributed by atoms with Gasteiger partial charge in [0.2, 0.25) is 16.4 Å². The Labute approximate surface area is 154 Å². The Balaban J connectivity index is 1.97. The molecule has 0 aromatic heterocycles. The van der Waals surface area contributed by atoms with E-state index in [1.54, 1.807) is 31.2 Å². The number of carbonyl (C=O) groups excluding carboxylic acids is 1. The maximum absolute atomic E-state index is 12.4. The number of benzene rings is 2. The molecule has 0 saturated carbocycles. The Morgan fingerprint density at radius 1 is 1.08 bits per heavy atom. The SMILES string of the molecule is CC(O)c1ccc(NS(=O)(=O)C[C@H](CCc2ccccc2)NC=O)cc1. The van der Waals surface area contributed by atoms with Gasteiger partial charge in [-0.1, -0.05) is 42.5 Å². The minimum atomic E-state index is -3.63. The summed E-state index contributed by atoms with van der Waals surface area (Å²) >= 11 is 0. The molecule has 0 aliphatic carbocycles. The monoisotopic (exact) mass is 376 g/mol. The van der Waals surface area contributed by atoms with Crippen molar-refractivity contribution >= 4 is 22.1 Å². The standard InChI is InChI=1S/C19H24N2O4S/c1-15(23)17-8-11-18(12-9-17)21-26(24,25)13-19(20-14-22)10-7-16-5-3-2-4-6-16/h2-6,8-9,11-12,14-15,19,21,23H,7,10,13H2,1H3,(H,20,22)/t15?,19-/m0/s1. The molecule has 1 unspecified atom stereocenters. The zero-order valence-electron chi connectivity index (χ0n) is 14.6. The highest BCUT2D eigenvalue weighted by Crippen LogP contribution is 2.17. The van der Waals surface area contributed by atoms with E-state index in [-0.39, 0.29) is 5.75 Å². The molecule has 0 heterocycles. The lowest BCUT2D eigenvalue weighted by molar-refractivity contribution is -0.110. The van der Waals surface area contributed by atoms with Gasteiger partial charge in [-0.05, 0) is 43.0 Å². The third kappa shape index (κ3) is 6.50. The summed E-state index contributed by atoms with van der Waals surface area (Å²) in [6, 6.07) is 15.8. The van der Waals surface area contributed by atoms with Crippen molar-refractivity contribution in [2.45, 2.75) is 31.9 Å². The molecule has 3 N–H and O–H groups in total. The first-order valence-electron chi connectivity index (χ1n) is 8.42. The fraction of sp³-hybridized carbons (Fsp3) is 0.316. The van der Waals surface area contributed by atoms with Crippen molar-refractivity contribution in [2.24, 2.45) is 0 Å². The van der Waals surface area contributed by atoms with Crippen molar-refractivity contribution in [3.63, 3.8) is 0 Å². The van der Waals surface area contributed by atoms with Crippen LogP contribution in [0.2, 0.25) is 0 Å². The van der Waals surface area contributed by atoms with Crippen LogP contribution in [0, 0.1) is 0 Å². The van der Waals surface area contributed by atoms with E-state index >= 15 is 0 Å². The van der Waals surface area contributed by atoms with Crippen molar-refractivity contribution in [3.8, 4) is 0 Å². The lowest BCUT2D eigenvalue weighted by Crippen LogP contribution is -2.37. The maximum atomic E-state index is 12.4. The molecular weight excluding hydrogens is 352 g/mol. The summed E-state index contributed by atoms with van der Waals surface area (Å²) in [6.07, 6.45) is 1.11. The molecule has 6 nitrogen and oxygen atoms in total. The van der Waals surface area contributed by atoms with Gasteiger partial charge in [0.05, 0.1) is 11.9 Å². The highest BCUT2D eigenvalue weighted by Gasteiger charge is 2.19. The Bertz CT molecular complexity index is 790. The molecule has 0 spiro atoms. The average molecular weight is 376 g/mol. The Kier molecular flexibility index (Phi) is 7.17. The Hall–Kier alpha value is -2.38. The molecule has 0 radical (unpaired) electrons. The Morgan fingerprint density at radius 3 is 2.31 bits per heavy atom. The van der Waals surface area contributed by atoms with Crippen LogP contribution in [0.3, 0.4) is 0 Å². The van der Waals surface area contributed by atoms with Gasteiger partial charge in [-0.25, -0.2) is 8.42 Å². The lowest BCUT2D eigenvalue weighted by atomic mass is 10.1. The van der Waals surface area contributed by atoms with Crippen LogP contribution < -0.4 is 10.0 Å². The van der Waals surface area contributed by atoms with Gasteiger partial charge in [0.25, 0.3) is 0 Å². The van der Waals surface area contributed by atoms with Crippen LogP contribution in [-0.2, 0) is 21.2 Å². The van der Waals surface area contributed by atoms with Crippen LogP contribution in [0.4, 0.5) is 5.69 Å². The van der Waals surface area contributed by atoms with Crippen molar-refractivity contribution in [1.29, 1.82) is 0 Å². The number of aliphatic hydroxyl groups is 1. The molecule has 140 valence electrons. The number of anilines is 1. The summed E-state index contributed by atoms with van der Waals surface area (Å²) in [5.41, 5.74) is 2.21. The number of aryl methyl sites for hydroxylation is 1. The second-order valence-corrected chi connectivity index (χ2v) is 7.95. The maximum Gasteiger partial charge on any atom is 0.234 e. The summed E-state index contributed by atoms with van der Waals surface area (Å²) in [7, 11) is -3.63. The number of nitrogens with one attached hydrogen (secondary N) is 2. The molecule has 0 aliphatic heterocycles. The predicted molar refractivity (Wildman–Crippen MR) is 102 cm³/mol. The molecule has 0 saturated heterocycles. The number of hydrogen-bond acceptors (Lipinski definition) is 4. The number of hydrogen-bond donors (Lipinski definition) is 3. The highest BCUT2D eigenvalue weighted by atomic mass is 32.2. The normalized spacial score (nSPS) is 13.6. The van der Waals surface area contributed by atoms with Crippen molar-refractivity contribution in [3.05, 3.63) is 65.7 Å².